The number of aliphatic hydroxyl groups excluding tert-OH is 1. The first kappa shape index (κ1) is 14.9. The fraction of sp³-hybridized carbons (Fsp3) is 1.00. The first-order chi connectivity index (χ1) is 8.33. The Morgan fingerprint density at radius 1 is 1.06 bits per heavy atom. The molecule has 0 spiro atoms. The van der Waals surface area contributed by atoms with Crippen LogP contribution in [0.2, 0.25) is 0 Å². The Morgan fingerprint density at radius 2 is 1.71 bits per heavy atom. The van der Waals surface area contributed by atoms with Gasteiger partial charge < -0.3 is 9.84 Å². The Bertz CT molecular complexity index is 170. The van der Waals surface area contributed by atoms with E-state index in [0.717, 1.165) is 39.3 Å². The molecule has 3 heteroatoms. The number of hydrogen-bond acceptors (Lipinski definition) is 3. The molecule has 1 N–H and O–H groups in total. The molecule has 1 atom stereocenters. The summed E-state index contributed by atoms with van der Waals surface area (Å²) >= 11 is 0. The molecule has 1 unspecified atom stereocenters. The van der Waals surface area contributed by atoms with Gasteiger partial charge in [0, 0.05) is 19.6 Å². The Kier molecular flexibility index (Phi) is 8.67. The van der Waals surface area contributed by atoms with E-state index in [9.17, 15) is 5.11 Å². The summed E-state index contributed by atoms with van der Waals surface area (Å²) in [6.07, 6.45) is 8.63. The normalized spacial score (nSPS) is 19.4. The average molecular weight is 243 g/mol. The number of hydrogen-bond donors (Lipinski definition) is 1. The van der Waals surface area contributed by atoms with Crippen molar-refractivity contribution in [2.24, 2.45) is 0 Å². The van der Waals surface area contributed by atoms with E-state index in [2.05, 4.69) is 11.8 Å². The van der Waals surface area contributed by atoms with Crippen molar-refractivity contribution in [1.29, 1.82) is 0 Å². The number of rotatable bonds is 9. The van der Waals surface area contributed by atoms with Crippen molar-refractivity contribution in [3.63, 3.8) is 0 Å². The maximum atomic E-state index is 9.92. The van der Waals surface area contributed by atoms with Gasteiger partial charge >= 0.3 is 0 Å². The van der Waals surface area contributed by atoms with Crippen LogP contribution in [0.4, 0.5) is 0 Å². The second-order valence-electron chi connectivity index (χ2n) is 5.12. The van der Waals surface area contributed by atoms with E-state index in [1.807, 2.05) is 0 Å². The first-order valence-corrected chi connectivity index (χ1v) is 7.31. The largest absolute Gasteiger partial charge is 0.392 e. The summed E-state index contributed by atoms with van der Waals surface area (Å²) in [5.74, 6) is 0. The predicted molar refractivity (Wildman–Crippen MR) is 71.3 cm³/mol. The van der Waals surface area contributed by atoms with Gasteiger partial charge in [-0.25, -0.2) is 0 Å². The molecule has 0 bridgehead atoms. The molecule has 0 aromatic rings. The molecule has 0 radical (unpaired) electrons. The fourth-order valence-electron chi connectivity index (χ4n) is 2.33. The molecule has 1 saturated heterocycles. The minimum Gasteiger partial charge on any atom is -0.392 e. The lowest BCUT2D eigenvalue weighted by Crippen LogP contribution is -2.40. The van der Waals surface area contributed by atoms with Crippen LogP contribution in [0, 0.1) is 0 Å². The highest BCUT2D eigenvalue weighted by Crippen LogP contribution is 2.10. The molecule has 3 nitrogen and oxygen atoms in total. The van der Waals surface area contributed by atoms with Crippen LogP contribution in [-0.2, 0) is 4.74 Å². The number of β-amino-alcohol motifs (C(OH)–C–C–N with tert-alkyl or cyclic N) is 1. The Hall–Kier alpha value is -0.120. The van der Waals surface area contributed by atoms with Crippen LogP contribution >= 0.6 is 0 Å². The highest BCUT2D eigenvalue weighted by molar-refractivity contribution is 4.67. The molecule has 1 fully saturated rings. The lowest BCUT2D eigenvalue weighted by molar-refractivity contribution is 0.0127. The monoisotopic (exact) mass is 243 g/mol. The molecular formula is C14H29NO2. The van der Waals surface area contributed by atoms with Crippen molar-refractivity contribution in [1.82, 2.24) is 4.90 Å². The smallest absolute Gasteiger partial charge is 0.0667 e. The summed E-state index contributed by atoms with van der Waals surface area (Å²) in [4.78, 5) is 2.31. The van der Waals surface area contributed by atoms with Crippen LogP contribution in [0.25, 0.3) is 0 Å². The molecule has 0 aliphatic carbocycles. The zero-order valence-electron chi connectivity index (χ0n) is 11.4. The zero-order chi connectivity index (χ0) is 12.3. The minimum atomic E-state index is -0.140. The summed E-state index contributed by atoms with van der Waals surface area (Å²) in [6, 6.07) is 0. The van der Waals surface area contributed by atoms with Crippen molar-refractivity contribution in [2.75, 3.05) is 32.8 Å². The summed E-state index contributed by atoms with van der Waals surface area (Å²) in [6.45, 7) is 6.68. The second-order valence-corrected chi connectivity index (χ2v) is 5.12. The summed E-state index contributed by atoms with van der Waals surface area (Å²) < 4.78 is 5.29. The topological polar surface area (TPSA) is 32.7 Å². The van der Waals surface area contributed by atoms with Crippen LogP contribution in [-0.4, -0.2) is 49.0 Å². The van der Waals surface area contributed by atoms with Gasteiger partial charge in [-0.2, -0.15) is 0 Å². The molecule has 1 aliphatic rings. The van der Waals surface area contributed by atoms with Gasteiger partial charge in [-0.05, 0) is 6.42 Å². The van der Waals surface area contributed by atoms with Crippen molar-refractivity contribution in [3.05, 3.63) is 0 Å². The third-order valence-electron chi connectivity index (χ3n) is 3.46. The van der Waals surface area contributed by atoms with Gasteiger partial charge in [0.1, 0.15) is 0 Å². The number of nitrogens with zero attached hydrogens (tertiary/aromatic N) is 1. The SMILES string of the molecule is CCCCCCCCC(O)CN1CCOCC1. The summed E-state index contributed by atoms with van der Waals surface area (Å²) in [5, 5.41) is 9.92. The maximum Gasteiger partial charge on any atom is 0.0667 e. The minimum absolute atomic E-state index is 0.140. The molecule has 1 heterocycles. The number of morpholine rings is 1. The van der Waals surface area contributed by atoms with Gasteiger partial charge in [0.25, 0.3) is 0 Å². The van der Waals surface area contributed by atoms with Gasteiger partial charge in [0.2, 0.25) is 0 Å². The van der Waals surface area contributed by atoms with Gasteiger partial charge in [-0.3, -0.25) is 4.90 Å². The van der Waals surface area contributed by atoms with Gasteiger partial charge in [0.05, 0.1) is 19.3 Å². The predicted octanol–water partition coefficient (Wildman–Crippen LogP) is 2.43. The molecule has 1 rings (SSSR count). The lowest BCUT2D eigenvalue weighted by Gasteiger charge is -2.28. The van der Waals surface area contributed by atoms with Crippen LogP contribution < -0.4 is 0 Å². The quantitative estimate of drug-likeness (QED) is 0.631. The molecule has 0 amide bonds. The third kappa shape index (κ3) is 7.74. The van der Waals surface area contributed by atoms with Gasteiger partial charge in [-0.1, -0.05) is 45.4 Å². The Balaban J connectivity index is 1.91. The molecular weight excluding hydrogens is 214 g/mol. The van der Waals surface area contributed by atoms with E-state index < -0.39 is 0 Å². The molecule has 102 valence electrons. The molecule has 0 aromatic heterocycles. The fourth-order valence-corrected chi connectivity index (χ4v) is 2.33. The number of ether oxygens (including phenoxy) is 1. The standard InChI is InChI=1S/C14H29NO2/c1-2-3-4-5-6-7-8-14(16)13-15-9-11-17-12-10-15/h14,16H,2-13H2,1H3. The van der Waals surface area contributed by atoms with E-state index >= 15 is 0 Å². The average Bonchev–Trinajstić information content (AvgIpc) is 2.35. The third-order valence-corrected chi connectivity index (χ3v) is 3.46. The molecule has 17 heavy (non-hydrogen) atoms. The lowest BCUT2D eigenvalue weighted by atomic mass is 10.1. The highest BCUT2D eigenvalue weighted by atomic mass is 16.5. The van der Waals surface area contributed by atoms with Gasteiger partial charge in [-0.15, -0.1) is 0 Å². The molecule has 1 aliphatic heterocycles. The Labute approximate surface area is 106 Å². The van der Waals surface area contributed by atoms with E-state index in [0.29, 0.717) is 0 Å². The van der Waals surface area contributed by atoms with Crippen molar-refractivity contribution >= 4 is 0 Å². The molecule has 0 saturated carbocycles. The highest BCUT2D eigenvalue weighted by Gasteiger charge is 2.14. The summed E-state index contributed by atoms with van der Waals surface area (Å²) in [7, 11) is 0. The number of unbranched alkanes of at least 4 members (excludes halogenated alkanes) is 5. The Morgan fingerprint density at radius 3 is 2.41 bits per heavy atom. The van der Waals surface area contributed by atoms with Crippen LogP contribution in [0.1, 0.15) is 51.9 Å². The van der Waals surface area contributed by atoms with Crippen molar-refractivity contribution in [2.45, 2.75) is 58.0 Å². The van der Waals surface area contributed by atoms with Crippen LogP contribution in [0.5, 0.6) is 0 Å². The van der Waals surface area contributed by atoms with Crippen LogP contribution in [0.15, 0.2) is 0 Å². The maximum absolute atomic E-state index is 9.92. The van der Waals surface area contributed by atoms with E-state index in [4.69, 9.17) is 4.74 Å². The van der Waals surface area contributed by atoms with E-state index in [-0.39, 0.29) is 6.10 Å². The van der Waals surface area contributed by atoms with Crippen molar-refractivity contribution in [3.8, 4) is 0 Å². The second kappa shape index (κ2) is 9.86. The van der Waals surface area contributed by atoms with Gasteiger partial charge in [0.15, 0.2) is 0 Å². The van der Waals surface area contributed by atoms with E-state index in [1.54, 1.807) is 0 Å². The van der Waals surface area contributed by atoms with E-state index in [1.165, 1.54) is 38.5 Å². The number of aliphatic hydroxyl groups is 1. The summed E-state index contributed by atoms with van der Waals surface area (Å²) in [5.41, 5.74) is 0. The zero-order valence-corrected chi connectivity index (χ0v) is 11.4. The van der Waals surface area contributed by atoms with Crippen molar-refractivity contribution < 1.29 is 9.84 Å². The first-order valence-electron chi connectivity index (χ1n) is 7.31. The van der Waals surface area contributed by atoms with Crippen LogP contribution in [0.3, 0.4) is 0 Å². The molecule has 0 aromatic carbocycles.